The van der Waals surface area contributed by atoms with Gasteiger partial charge in [0.05, 0.1) is 13.2 Å². The molecule has 0 radical (unpaired) electrons. The van der Waals surface area contributed by atoms with Crippen LogP contribution in [0.2, 0.25) is 0 Å². The molecule has 2 fully saturated rings. The van der Waals surface area contributed by atoms with Crippen LogP contribution in [0.3, 0.4) is 0 Å². The molecule has 0 atom stereocenters. The van der Waals surface area contributed by atoms with Gasteiger partial charge in [0.25, 0.3) is 0 Å². The van der Waals surface area contributed by atoms with E-state index < -0.39 is 0 Å². The highest BCUT2D eigenvalue weighted by molar-refractivity contribution is 5.59. The Bertz CT molecular complexity index is 464. The van der Waals surface area contributed by atoms with E-state index in [4.69, 9.17) is 15.2 Å². The third kappa shape index (κ3) is 3.73. The first-order valence-electron chi connectivity index (χ1n) is 8.70. The largest absolute Gasteiger partial charge is 0.490 e. The van der Waals surface area contributed by atoms with E-state index >= 15 is 0 Å². The standard InChI is InChI=1S/C18H28N2O2/c19-14-16-17(20-10-3-1-2-4-11-20)6-5-7-18(16)22-15-8-12-21-13-9-15/h5-7,15H,1-4,8-14,19H2. The molecule has 0 bridgehead atoms. The zero-order chi connectivity index (χ0) is 15.2. The zero-order valence-electron chi connectivity index (χ0n) is 13.4. The molecule has 2 N–H and O–H groups in total. The number of anilines is 1. The van der Waals surface area contributed by atoms with Crippen LogP contribution in [0.4, 0.5) is 5.69 Å². The summed E-state index contributed by atoms with van der Waals surface area (Å²) < 4.78 is 11.7. The number of rotatable bonds is 4. The Morgan fingerprint density at radius 1 is 1.09 bits per heavy atom. The molecule has 4 heteroatoms. The number of nitrogens with two attached hydrogens (primary N) is 1. The van der Waals surface area contributed by atoms with Crippen LogP contribution in [0.15, 0.2) is 18.2 Å². The molecule has 22 heavy (non-hydrogen) atoms. The van der Waals surface area contributed by atoms with Crippen molar-refractivity contribution in [3.8, 4) is 5.75 Å². The van der Waals surface area contributed by atoms with Crippen LogP contribution in [0, 0.1) is 0 Å². The van der Waals surface area contributed by atoms with E-state index in [1.165, 1.54) is 31.4 Å². The van der Waals surface area contributed by atoms with Crippen molar-refractivity contribution >= 4 is 5.69 Å². The Balaban J connectivity index is 1.79. The van der Waals surface area contributed by atoms with Crippen LogP contribution < -0.4 is 15.4 Å². The van der Waals surface area contributed by atoms with Gasteiger partial charge in [0.1, 0.15) is 11.9 Å². The molecule has 3 rings (SSSR count). The van der Waals surface area contributed by atoms with Crippen molar-refractivity contribution in [3.63, 3.8) is 0 Å². The minimum absolute atomic E-state index is 0.262. The molecule has 0 aliphatic carbocycles. The highest BCUT2D eigenvalue weighted by Gasteiger charge is 2.20. The van der Waals surface area contributed by atoms with Crippen LogP contribution >= 0.6 is 0 Å². The molecule has 0 unspecified atom stereocenters. The molecule has 4 nitrogen and oxygen atoms in total. The molecule has 0 aromatic heterocycles. The van der Waals surface area contributed by atoms with Gasteiger partial charge in [-0.2, -0.15) is 0 Å². The Kier molecular flexibility index (Phi) is 5.57. The van der Waals surface area contributed by atoms with Crippen LogP contribution in [0.1, 0.15) is 44.1 Å². The van der Waals surface area contributed by atoms with Gasteiger partial charge in [0.2, 0.25) is 0 Å². The smallest absolute Gasteiger partial charge is 0.126 e. The summed E-state index contributed by atoms with van der Waals surface area (Å²) in [4.78, 5) is 2.49. The maximum atomic E-state index is 6.25. The molecule has 1 aromatic carbocycles. The molecule has 1 aromatic rings. The molecule has 2 saturated heterocycles. The highest BCUT2D eigenvalue weighted by atomic mass is 16.5. The second-order valence-corrected chi connectivity index (χ2v) is 6.29. The second kappa shape index (κ2) is 7.84. The van der Waals surface area contributed by atoms with Crippen molar-refractivity contribution in [2.45, 2.75) is 51.2 Å². The molecule has 122 valence electrons. The van der Waals surface area contributed by atoms with Crippen LogP contribution in [-0.2, 0) is 11.3 Å². The van der Waals surface area contributed by atoms with Gasteiger partial charge in [0, 0.05) is 43.7 Å². The van der Waals surface area contributed by atoms with Crippen molar-refractivity contribution in [2.75, 3.05) is 31.2 Å². The molecule has 0 saturated carbocycles. The van der Waals surface area contributed by atoms with Crippen molar-refractivity contribution in [2.24, 2.45) is 5.73 Å². The van der Waals surface area contributed by atoms with Crippen molar-refractivity contribution < 1.29 is 9.47 Å². The average molecular weight is 304 g/mol. The maximum Gasteiger partial charge on any atom is 0.126 e. The van der Waals surface area contributed by atoms with Gasteiger partial charge in [-0.1, -0.05) is 18.9 Å². The van der Waals surface area contributed by atoms with E-state index in [1.54, 1.807) is 0 Å². The van der Waals surface area contributed by atoms with Crippen molar-refractivity contribution in [3.05, 3.63) is 23.8 Å². The average Bonchev–Trinajstić information content (AvgIpc) is 2.85. The third-order valence-corrected chi connectivity index (χ3v) is 4.72. The van der Waals surface area contributed by atoms with Gasteiger partial charge in [-0.25, -0.2) is 0 Å². The fraction of sp³-hybridized carbons (Fsp3) is 0.667. The minimum atomic E-state index is 0.262. The molecule has 2 heterocycles. The van der Waals surface area contributed by atoms with E-state index in [2.05, 4.69) is 23.1 Å². The van der Waals surface area contributed by atoms with E-state index in [-0.39, 0.29) is 6.10 Å². The van der Waals surface area contributed by atoms with Gasteiger partial charge in [0.15, 0.2) is 0 Å². The zero-order valence-corrected chi connectivity index (χ0v) is 13.4. The molecular weight excluding hydrogens is 276 g/mol. The molecule has 2 aliphatic heterocycles. The summed E-state index contributed by atoms with van der Waals surface area (Å²) in [6.45, 7) is 4.40. The van der Waals surface area contributed by atoms with Crippen LogP contribution in [-0.4, -0.2) is 32.4 Å². The van der Waals surface area contributed by atoms with Gasteiger partial charge in [-0.05, 0) is 25.0 Å². The SMILES string of the molecule is NCc1c(OC2CCOCC2)cccc1N1CCCCCC1. The first kappa shape index (κ1) is 15.6. The quantitative estimate of drug-likeness (QED) is 0.928. The summed E-state index contributed by atoms with van der Waals surface area (Å²) in [6, 6.07) is 6.37. The second-order valence-electron chi connectivity index (χ2n) is 6.29. The normalized spacial score (nSPS) is 20.7. The summed E-state index contributed by atoms with van der Waals surface area (Å²) in [6.07, 6.45) is 7.43. The van der Waals surface area contributed by atoms with E-state index in [0.717, 1.165) is 50.5 Å². The molecule has 2 aliphatic rings. The summed E-state index contributed by atoms with van der Waals surface area (Å²) in [5.74, 6) is 0.969. The lowest BCUT2D eigenvalue weighted by atomic mass is 10.1. The lowest BCUT2D eigenvalue weighted by molar-refractivity contribution is 0.0252. The van der Waals surface area contributed by atoms with Gasteiger partial charge < -0.3 is 20.1 Å². The first-order valence-corrected chi connectivity index (χ1v) is 8.70. The van der Waals surface area contributed by atoms with E-state index in [9.17, 15) is 0 Å². The first-order chi connectivity index (χ1) is 10.9. The Labute approximate surface area is 133 Å². The van der Waals surface area contributed by atoms with E-state index in [0.29, 0.717) is 6.54 Å². The molecule has 0 amide bonds. The third-order valence-electron chi connectivity index (χ3n) is 4.72. The number of ether oxygens (including phenoxy) is 2. The van der Waals surface area contributed by atoms with Crippen LogP contribution in [0.25, 0.3) is 0 Å². The number of hydrogen-bond acceptors (Lipinski definition) is 4. The summed E-state index contributed by atoms with van der Waals surface area (Å²) in [5.41, 5.74) is 8.51. The summed E-state index contributed by atoms with van der Waals surface area (Å²) in [7, 11) is 0. The summed E-state index contributed by atoms with van der Waals surface area (Å²) in [5, 5.41) is 0. The minimum Gasteiger partial charge on any atom is -0.490 e. The monoisotopic (exact) mass is 304 g/mol. The van der Waals surface area contributed by atoms with E-state index in [1.807, 2.05) is 0 Å². The molecular formula is C18H28N2O2. The lowest BCUT2D eigenvalue weighted by Crippen LogP contribution is -2.28. The Hall–Kier alpha value is -1.26. The fourth-order valence-electron chi connectivity index (χ4n) is 3.45. The van der Waals surface area contributed by atoms with Crippen molar-refractivity contribution in [1.29, 1.82) is 0 Å². The van der Waals surface area contributed by atoms with Crippen LogP contribution in [0.5, 0.6) is 5.75 Å². The maximum absolute atomic E-state index is 6.25. The predicted molar refractivity (Wildman–Crippen MR) is 89.5 cm³/mol. The number of hydrogen-bond donors (Lipinski definition) is 1. The Morgan fingerprint density at radius 2 is 1.82 bits per heavy atom. The fourth-order valence-corrected chi connectivity index (χ4v) is 3.45. The Morgan fingerprint density at radius 3 is 2.50 bits per heavy atom. The van der Waals surface area contributed by atoms with Gasteiger partial charge in [-0.15, -0.1) is 0 Å². The molecule has 0 spiro atoms. The van der Waals surface area contributed by atoms with Gasteiger partial charge in [-0.3, -0.25) is 0 Å². The predicted octanol–water partition coefficient (Wildman–Crippen LogP) is 3.08. The van der Waals surface area contributed by atoms with Gasteiger partial charge >= 0.3 is 0 Å². The summed E-state index contributed by atoms with van der Waals surface area (Å²) >= 11 is 0. The topological polar surface area (TPSA) is 47.7 Å². The highest BCUT2D eigenvalue weighted by Crippen LogP contribution is 2.32. The number of nitrogens with zero attached hydrogens (tertiary/aromatic N) is 1. The van der Waals surface area contributed by atoms with Crippen molar-refractivity contribution in [1.82, 2.24) is 0 Å². The number of benzene rings is 1. The lowest BCUT2D eigenvalue weighted by Gasteiger charge is -2.29.